The Morgan fingerprint density at radius 2 is 1.44 bits per heavy atom. The molecule has 3 aromatic carbocycles. The van der Waals surface area contributed by atoms with E-state index in [0.29, 0.717) is 36.0 Å². The van der Waals surface area contributed by atoms with E-state index >= 15 is 0 Å². The molecule has 0 aliphatic heterocycles. The lowest BCUT2D eigenvalue weighted by atomic mass is 10.1. The number of hydrogen-bond donors (Lipinski definition) is 1. The number of rotatable bonds is 10. The zero-order valence-electron chi connectivity index (χ0n) is 19.1. The number of amides is 1. The van der Waals surface area contributed by atoms with E-state index in [1.807, 2.05) is 56.6 Å². The van der Waals surface area contributed by atoms with Crippen LogP contribution in [0.1, 0.15) is 27.0 Å². The summed E-state index contributed by atoms with van der Waals surface area (Å²) in [5.41, 5.74) is 3.72. The van der Waals surface area contributed by atoms with Crippen molar-refractivity contribution in [3.8, 4) is 17.2 Å². The highest BCUT2D eigenvalue weighted by molar-refractivity contribution is 5.95. The van der Waals surface area contributed by atoms with Gasteiger partial charge in [0.25, 0.3) is 5.91 Å². The van der Waals surface area contributed by atoms with Gasteiger partial charge in [0.2, 0.25) is 5.75 Å². The van der Waals surface area contributed by atoms with Crippen LogP contribution in [0.2, 0.25) is 0 Å². The molecule has 6 heteroatoms. The van der Waals surface area contributed by atoms with E-state index in [-0.39, 0.29) is 5.91 Å². The van der Waals surface area contributed by atoms with E-state index in [1.54, 1.807) is 26.4 Å². The average Bonchev–Trinajstić information content (AvgIpc) is 2.81. The van der Waals surface area contributed by atoms with E-state index in [4.69, 9.17) is 14.2 Å². The number of nitrogens with zero attached hydrogens (tertiary/aromatic N) is 1. The first-order valence-electron chi connectivity index (χ1n) is 10.4. The highest BCUT2D eigenvalue weighted by Crippen LogP contribution is 2.39. The van der Waals surface area contributed by atoms with E-state index in [0.717, 1.165) is 17.7 Å². The first-order valence-corrected chi connectivity index (χ1v) is 10.4. The van der Waals surface area contributed by atoms with Crippen LogP contribution in [-0.4, -0.2) is 39.1 Å². The summed E-state index contributed by atoms with van der Waals surface area (Å²) in [7, 11) is 7.16. The zero-order chi connectivity index (χ0) is 22.9. The molecular formula is C26H30N2O4. The minimum Gasteiger partial charge on any atom is -0.493 e. The molecule has 1 amide bonds. The van der Waals surface area contributed by atoms with Crippen molar-refractivity contribution in [1.82, 2.24) is 10.2 Å². The first kappa shape index (κ1) is 23.2. The van der Waals surface area contributed by atoms with Crippen molar-refractivity contribution >= 4 is 5.91 Å². The van der Waals surface area contributed by atoms with E-state index < -0.39 is 0 Å². The number of hydrogen-bond acceptors (Lipinski definition) is 5. The molecule has 32 heavy (non-hydrogen) atoms. The van der Waals surface area contributed by atoms with Crippen LogP contribution in [0.3, 0.4) is 0 Å². The smallest absolute Gasteiger partial charge is 0.251 e. The maximum absolute atomic E-state index is 12.8. The lowest BCUT2D eigenvalue weighted by Gasteiger charge is -2.16. The fraction of sp³-hybridized carbons (Fsp3) is 0.269. The van der Waals surface area contributed by atoms with Gasteiger partial charge in [0.15, 0.2) is 11.5 Å². The summed E-state index contributed by atoms with van der Waals surface area (Å²) in [6, 6.07) is 21.4. The molecule has 0 bridgehead atoms. The Morgan fingerprint density at radius 3 is 2.00 bits per heavy atom. The summed E-state index contributed by atoms with van der Waals surface area (Å²) in [6.07, 6.45) is 0. The molecule has 3 aromatic rings. The normalized spacial score (nSPS) is 10.7. The van der Waals surface area contributed by atoms with Crippen LogP contribution < -0.4 is 19.5 Å². The molecule has 0 saturated heterocycles. The van der Waals surface area contributed by atoms with E-state index in [9.17, 15) is 4.79 Å². The van der Waals surface area contributed by atoms with Gasteiger partial charge in [0, 0.05) is 18.7 Å². The minimum absolute atomic E-state index is 0.214. The van der Waals surface area contributed by atoms with E-state index in [2.05, 4.69) is 22.3 Å². The van der Waals surface area contributed by atoms with Gasteiger partial charge >= 0.3 is 0 Å². The third-order valence-corrected chi connectivity index (χ3v) is 4.92. The van der Waals surface area contributed by atoms with Crippen molar-refractivity contribution in [2.75, 3.05) is 28.3 Å². The van der Waals surface area contributed by atoms with Crippen LogP contribution >= 0.6 is 0 Å². The monoisotopic (exact) mass is 434 g/mol. The quantitative estimate of drug-likeness (QED) is 0.516. The molecule has 168 valence electrons. The van der Waals surface area contributed by atoms with Crippen molar-refractivity contribution in [2.45, 2.75) is 19.7 Å². The van der Waals surface area contributed by atoms with Crippen LogP contribution in [0.4, 0.5) is 0 Å². The number of nitrogens with one attached hydrogen (secondary N) is 1. The highest BCUT2D eigenvalue weighted by Gasteiger charge is 2.18. The fourth-order valence-electron chi connectivity index (χ4n) is 3.30. The first-order chi connectivity index (χ1) is 15.5. The molecular weight excluding hydrogens is 404 g/mol. The number of ether oxygens (including phenoxy) is 3. The fourth-order valence-corrected chi connectivity index (χ4v) is 3.30. The Balaban J connectivity index is 1.69. The van der Waals surface area contributed by atoms with Crippen LogP contribution in [0.5, 0.6) is 17.2 Å². The Labute approximate surface area is 189 Å². The summed E-state index contributed by atoms with van der Waals surface area (Å²) in [4.78, 5) is 14.9. The molecule has 0 heterocycles. The predicted molar refractivity (Wildman–Crippen MR) is 125 cm³/mol. The molecule has 0 aromatic heterocycles. The predicted octanol–water partition coefficient (Wildman–Crippen LogP) is 4.27. The third-order valence-electron chi connectivity index (χ3n) is 4.92. The number of carbonyl (C=O) groups is 1. The van der Waals surface area contributed by atoms with Gasteiger partial charge in [-0.1, -0.05) is 54.6 Å². The van der Waals surface area contributed by atoms with Crippen molar-refractivity contribution in [3.05, 3.63) is 89.0 Å². The van der Waals surface area contributed by atoms with Gasteiger partial charge < -0.3 is 24.4 Å². The molecule has 0 aliphatic rings. The molecule has 0 fully saturated rings. The average molecular weight is 435 g/mol. The number of benzene rings is 3. The van der Waals surface area contributed by atoms with Gasteiger partial charge in [-0.25, -0.2) is 0 Å². The Bertz CT molecular complexity index is 993. The topological polar surface area (TPSA) is 60.0 Å². The standard InChI is InChI=1S/C26H30N2O4/c1-28(2)17-20-12-10-19(11-13-20)16-27-26(29)22-14-23(30-3)25(24(15-22)31-4)32-18-21-8-6-5-7-9-21/h5-15H,16-18H2,1-4H3,(H,27,29). The number of carbonyl (C=O) groups excluding carboxylic acids is 1. The van der Waals surface area contributed by atoms with Gasteiger partial charge in [0.1, 0.15) is 6.61 Å². The van der Waals surface area contributed by atoms with Crippen LogP contribution in [0.15, 0.2) is 66.7 Å². The van der Waals surface area contributed by atoms with Gasteiger partial charge in [-0.05, 0) is 42.9 Å². The largest absolute Gasteiger partial charge is 0.493 e. The zero-order valence-corrected chi connectivity index (χ0v) is 19.1. The van der Waals surface area contributed by atoms with Crippen LogP contribution in [0.25, 0.3) is 0 Å². The summed E-state index contributed by atoms with van der Waals surface area (Å²) in [5, 5.41) is 2.95. The Hall–Kier alpha value is -3.51. The van der Waals surface area contributed by atoms with Gasteiger partial charge in [0.05, 0.1) is 14.2 Å². The van der Waals surface area contributed by atoms with Crippen molar-refractivity contribution in [2.24, 2.45) is 0 Å². The Morgan fingerprint density at radius 1 is 0.844 bits per heavy atom. The van der Waals surface area contributed by atoms with E-state index in [1.165, 1.54) is 5.56 Å². The van der Waals surface area contributed by atoms with Crippen LogP contribution in [-0.2, 0) is 19.7 Å². The molecule has 0 spiro atoms. The molecule has 0 saturated carbocycles. The molecule has 0 radical (unpaired) electrons. The van der Waals surface area contributed by atoms with Gasteiger partial charge in [-0.3, -0.25) is 4.79 Å². The SMILES string of the molecule is COc1cc(C(=O)NCc2ccc(CN(C)C)cc2)cc(OC)c1OCc1ccccc1. The molecule has 6 nitrogen and oxygen atoms in total. The maximum atomic E-state index is 12.8. The summed E-state index contributed by atoms with van der Waals surface area (Å²) < 4.78 is 16.9. The van der Waals surface area contributed by atoms with Crippen LogP contribution in [0, 0.1) is 0 Å². The number of methoxy groups -OCH3 is 2. The summed E-state index contributed by atoms with van der Waals surface area (Å²) in [5.74, 6) is 1.14. The molecule has 0 atom stereocenters. The second kappa shape index (κ2) is 11.2. The lowest BCUT2D eigenvalue weighted by molar-refractivity contribution is 0.0950. The second-order valence-corrected chi connectivity index (χ2v) is 7.72. The summed E-state index contributed by atoms with van der Waals surface area (Å²) >= 11 is 0. The minimum atomic E-state index is -0.214. The maximum Gasteiger partial charge on any atom is 0.251 e. The lowest BCUT2D eigenvalue weighted by Crippen LogP contribution is -2.23. The molecule has 0 aliphatic carbocycles. The van der Waals surface area contributed by atoms with Crippen molar-refractivity contribution < 1.29 is 19.0 Å². The Kier molecular flexibility index (Phi) is 8.11. The highest BCUT2D eigenvalue weighted by atomic mass is 16.5. The van der Waals surface area contributed by atoms with Gasteiger partial charge in [-0.2, -0.15) is 0 Å². The molecule has 0 unspecified atom stereocenters. The van der Waals surface area contributed by atoms with Crippen molar-refractivity contribution in [1.29, 1.82) is 0 Å². The van der Waals surface area contributed by atoms with Crippen molar-refractivity contribution in [3.63, 3.8) is 0 Å². The van der Waals surface area contributed by atoms with Gasteiger partial charge in [-0.15, -0.1) is 0 Å². The molecule has 1 N–H and O–H groups in total. The summed E-state index contributed by atoms with van der Waals surface area (Å²) in [6.45, 7) is 1.67. The third kappa shape index (κ3) is 6.25. The second-order valence-electron chi connectivity index (χ2n) is 7.72. The molecule has 3 rings (SSSR count).